The first-order valence-corrected chi connectivity index (χ1v) is 13.2. The van der Waals surface area contributed by atoms with Crippen LogP contribution in [0.5, 0.6) is 5.75 Å². The van der Waals surface area contributed by atoms with Crippen molar-refractivity contribution in [2.45, 2.75) is 25.6 Å². The molecule has 1 fully saturated rings. The van der Waals surface area contributed by atoms with Crippen LogP contribution >= 0.6 is 0 Å². The van der Waals surface area contributed by atoms with Gasteiger partial charge in [-0.1, -0.05) is 0 Å². The van der Waals surface area contributed by atoms with E-state index in [0.717, 1.165) is 77.8 Å². The van der Waals surface area contributed by atoms with Gasteiger partial charge in [-0.25, -0.2) is 4.99 Å². The van der Waals surface area contributed by atoms with E-state index in [4.69, 9.17) is 15.5 Å². The van der Waals surface area contributed by atoms with Crippen LogP contribution in [-0.2, 0) is 6.42 Å². The zero-order chi connectivity index (χ0) is 26.3. The van der Waals surface area contributed by atoms with E-state index in [1.807, 2.05) is 12.1 Å². The van der Waals surface area contributed by atoms with Gasteiger partial charge in [0.2, 0.25) is 0 Å². The quantitative estimate of drug-likeness (QED) is 0.269. The van der Waals surface area contributed by atoms with Crippen LogP contribution in [-0.4, -0.2) is 71.7 Å². The maximum atomic E-state index is 6.98. The third-order valence-electron chi connectivity index (χ3n) is 7.55. The van der Waals surface area contributed by atoms with Gasteiger partial charge >= 0.3 is 0 Å². The van der Waals surface area contributed by atoms with Crippen LogP contribution in [0.3, 0.4) is 0 Å². The monoisotopic (exact) mass is 512 g/mol. The number of aromatic nitrogens is 2. The fraction of sp³-hybridized carbons (Fsp3) is 0.345. The van der Waals surface area contributed by atoms with Crippen molar-refractivity contribution in [1.82, 2.24) is 25.1 Å². The summed E-state index contributed by atoms with van der Waals surface area (Å²) in [7, 11) is 3.85. The van der Waals surface area contributed by atoms with E-state index in [2.05, 4.69) is 87.0 Å². The fourth-order valence-electron chi connectivity index (χ4n) is 5.37. The minimum absolute atomic E-state index is 0.628. The SMILES string of the molecule is COc1ccc2[nH]cc(CCC3(N)N=C(N4CCN(C)CC4)C=C(Nc4ccc5[nH]c(C)cc5c4)N3)c2c1. The van der Waals surface area contributed by atoms with Crippen LogP contribution in [0.2, 0.25) is 0 Å². The molecule has 1 unspecified atom stereocenters. The summed E-state index contributed by atoms with van der Waals surface area (Å²) in [5.41, 5.74) is 12.5. The van der Waals surface area contributed by atoms with Crippen LogP contribution in [0.15, 0.2) is 65.6 Å². The van der Waals surface area contributed by atoms with Gasteiger partial charge in [0, 0.05) is 78.1 Å². The third kappa shape index (κ3) is 4.94. The highest BCUT2D eigenvalue weighted by Gasteiger charge is 2.31. The topological polar surface area (TPSA) is 110 Å². The van der Waals surface area contributed by atoms with Crippen LogP contribution < -0.4 is 21.1 Å². The molecular weight excluding hydrogens is 476 g/mol. The highest BCUT2D eigenvalue weighted by molar-refractivity contribution is 5.95. The molecule has 1 saturated heterocycles. The first-order valence-electron chi connectivity index (χ1n) is 13.2. The van der Waals surface area contributed by atoms with Gasteiger partial charge in [0.15, 0.2) is 5.79 Å². The summed E-state index contributed by atoms with van der Waals surface area (Å²) in [4.78, 5) is 16.5. The number of ether oxygens (including phenoxy) is 1. The van der Waals surface area contributed by atoms with Gasteiger partial charge in [0.1, 0.15) is 17.4 Å². The number of piperazine rings is 1. The standard InChI is InChI=1S/C29H36N8O/c1-19-14-21-15-22(4-6-25(21)32-19)33-27-17-28(37-12-10-36(2)11-13-37)35-29(30,34-27)9-8-20-18-31-26-7-5-23(38-3)16-24(20)26/h4-7,14-18,31-34H,8-13,30H2,1-3H3. The highest BCUT2D eigenvalue weighted by Crippen LogP contribution is 2.27. The molecule has 9 heteroatoms. The number of fused-ring (bicyclic) bond motifs is 2. The molecule has 0 aliphatic carbocycles. The Balaban J connectivity index is 1.26. The van der Waals surface area contributed by atoms with Crippen LogP contribution in [0.4, 0.5) is 5.69 Å². The molecule has 2 aromatic heterocycles. The second kappa shape index (κ2) is 9.74. The zero-order valence-electron chi connectivity index (χ0n) is 22.3. The fourth-order valence-corrected chi connectivity index (χ4v) is 5.37. The van der Waals surface area contributed by atoms with Gasteiger partial charge in [0.25, 0.3) is 0 Å². The van der Waals surface area contributed by atoms with Crippen molar-refractivity contribution in [3.8, 4) is 5.75 Å². The lowest BCUT2D eigenvalue weighted by Crippen LogP contribution is -2.57. The zero-order valence-corrected chi connectivity index (χ0v) is 22.3. The van der Waals surface area contributed by atoms with E-state index in [9.17, 15) is 0 Å². The number of aliphatic imine (C=N–C) groups is 1. The minimum atomic E-state index is -0.951. The first kappa shape index (κ1) is 24.4. The molecule has 2 aliphatic heterocycles. The van der Waals surface area contributed by atoms with Gasteiger partial charge in [-0.15, -0.1) is 0 Å². The molecule has 0 radical (unpaired) electrons. The number of methoxy groups -OCH3 is 1. The number of hydrogen-bond donors (Lipinski definition) is 5. The maximum absolute atomic E-state index is 6.98. The molecular formula is C29H36N8O. The van der Waals surface area contributed by atoms with E-state index in [1.165, 1.54) is 10.9 Å². The molecule has 38 heavy (non-hydrogen) atoms. The third-order valence-corrected chi connectivity index (χ3v) is 7.55. The van der Waals surface area contributed by atoms with E-state index in [-0.39, 0.29) is 0 Å². The molecule has 2 aromatic carbocycles. The number of likely N-dealkylation sites (N-methyl/N-ethyl adjacent to an activating group) is 1. The minimum Gasteiger partial charge on any atom is -0.497 e. The van der Waals surface area contributed by atoms with Crippen molar-refractivity contribution in [2.24, 2.45) is 10.7 Å². The van der Waals surface area contributed by atoms with Gasteiger partial charge in [0.05, 0.1) is 7.11 Å². The molecule has 9 nitrogen and oxygen atoms in total. The second-order valence-electron chi connectivity index (χ2n) is 10.5. The maximum Gasteiger partial charge on any atom is 0.185 e. The number of benzene rings is 2. The average Bonchev–Trinajstić information content (AvgIpc) is 3.49. The highest BCUT2D eigenvalue weighted by atomic mass is 16.5. The van der Waals surface area contributed by atoms with Crippen molar-refractivity contribution in [2.75, 3.05) is 45.7 Å². The summed E-state index contributed by atoms with van der Waals surface area (Å²) in [6, 6.07) is 14.6. The van der Waals surface area contributed by atoms with Gasteiger partial charge < -0.3 is 35.1 Å². The molecule has 0 spiro atoms. The lowest BCUT2D eigenvalue weighted by molar-refractivity contribution is 0.212. The van der Waals surface area contributed by atoms with Gasteiger partial charge in [-0.3, -0.25) is 5.73 Å². The number of rotatable bonds is 6. The van der Waals surface area contributed by atoms with Crippen molar-refractivity contribution >= 4 is 33.3 Å². The predicted molar refractivity (Wildman–Crippen MR) is 154 cm³/mol. The van der Waals surface area contributed by atoms with E-state index in [0.29, 0.717) is 6.42 Å². The number of nitrogens with one attached hydrogen (secondary N) is 4. The summed E-state index contributed by atoms with van der Waals surface area (Å²) in [5, 5.41) is 9.39. The summed E-state index contributed by atoms with van der Waals surface area (Å²) in [6.45, 7) is 5.92. The smallest absolute Gasteiger partial charge is 0.185 e. The number of H-pyrrole nitrogens is 2. The van der Waals surface area contributed by atoms with E-state index < -0.39 is 5.79 Å². The molecule has 2 aliphatic rings. The molecule has 0 amide bonds. The molecule has 0 bridgehead atoms. The number of nitrogens with zero attached hydrogens (tertiary/aromatic N) is 3. The average molecular weight is 513 g/mol. The van der Waals surface area contributed by atoms with Crippen molar-refractivity contribution in [3.63, 3.8) is 0 Å². The largest absolute Gasteiger partial charge is 0.497 e. The molecule has 4 aromatic rings. The Hall–Kier alpha value is -3.95. The Morgan fingerprint density at radius 1 is 1.08 bits per heavy atom. The number of hydrogen-bond acceptors (Lipinski definition) is 7. The summed E-state index contributed by atoms with van der Waals surface area (Å²) in [5.74, 6) is 1.66. The van der Waals surface area contributed by atoms with Gasteiger partial charge in [-0.2, -0.15) is 0 Å². The Kier molecular flexibility index (Phi) is 6.25. The van der Waals surface area contributed by atoms with Crippen LogP contribution in [0.25, 0.3) is 21.8 Å². The number of aromatic amines is 2. The lowest BCUT2D eigenvalue weighted by atomic mass is 10.0. The Morgan fingerprint density at radius 2 is 1.89 bits per heavy atom. The van der Waals surface area contributed by atoms with Crippen LogP contribution in [0.1, 0.15) is 17.7 Å². The molecule has 6 N–H and O–H groups in total. The molecule has 0 saturated carbocycles. The lowest BCUT2D eigenvalue weighted by Gasteiger charge is -2.39. The van der Waals surface area contributed by atoms with E-state index in [1.54, 1.807) is 7.11 Å². The Bertz CT molecular complexity index is 1520. The van der Waals surface area contributed by atoms with E-state index >= 15 is 0 Å². The molecule has 4 heterocycles. The normalized spacial score (nSPS) is 20.4. The number of anilines is 1. The summed E-state index contributed by atoms with van der Waals surface area (Å²) >= 11 is 0. The first-order chi connectivity index (χ1) is 18.4. The van der Waals surface area contributed by atoms with Crippen molar-refractivity contribution < 1.29 is 4.74 Å². The van der Waals surface area contributed by atoms with Crippen LogP contribution in [0, 0.1) is 6.92 Å². The number of amidine groups is 1. The Morgan fingerprint density at radius 3 is 2.71 bits per heavy atom. The summed E-state index contributed by atoms with van der Waals surface area (Å²) in [6.07, 6.45) is 5.53. The van der Waals surface area contributed by atoms with Crippen molar-refractivity contribution in [1.29, 1.82) is 0 Å². The number of nitrogens with two attached hydrogens (primary N) is 1. The molecule has 1 atom stereocenters. The molecule has 198 valence electrons. The van der Waals surface area contributed by atoms with Gasteiger partial charge in [-0.05, 0) is 68.4 Å². The Labute approximate surface area is 222 Å². The number of aryl methyl sites for hydroxylation is 2. The second-order valence-corrected chi connectivity index (χ2v) is 10.5. The van der Waals surface area contributed by atoms with Crippen molar-refractivity contribution in [3.05, 3.63) is 71.8 Å². The predicted octanol–water partition coefficient (Wildman–Crippen LogP) is 3.71. The molecule has 6 rings (SSSR count). The summed E-state index contributed by atoms with van der Waals surface area (Å²) < 4.78 is 5.45.